The predicted molar refractivity (Wildman–Crippen MR) is 101 cm³/mol. The SMILES string of the molecule is Cc1ncncc1C(=O)N1CCC[C@@H](Cc2cncc3ccccc23)C1. The van der Waals surface area contributed by atoms with Crippen LogP contribution in [-0.4, -0.2) is 38.8 Å². The lowest BCUT2D eigenvalue weighted by atomic mass is 9.90. The first kappa shape index (κ1) is 16.6. The van der Waals surface area contributed by atoms with Crippen LogP contribution in [0.15, 0.2) is 49.2 Å². The maximum atomic E-state index is 12.9. The highest BCUT2D eigenvalue weighted by atomic mass is 16.2. The second-order valence-electron chi connectivity index (χ2n) is 7.01. The van der Waals surface area contributed by atoms with Crippen molar-refractivity contribution < 1.29 is 4.79 Å². The van der Waals surface area contributed by atoms with E-state index in [1.807, 2.05) is 30.3 Å². The molecule has 4 rings (SSSR count). The minimum Gasteiger partial charge on any atom is -0.338 e. The number of benzene rings is 1. The molecule has 5 heteroatoms. The standard InChI is InChI=1S/C21H22N4O/c1-15-20(12-23-14-24-15)21(26)25-8-4-5-16(13-25)9-18-11-22-10-17-6-2-3-7-19(17)18/h2-3,6-7,10-12,14,16H,4-5,8-9,13H2,1H3/t16-/m0/s1. The van der Waals surface area contributed by atoms with E-state index < -0.39 is 0 Å². The Kier molecular flexibility index (Phi) is 4.61. The molecule has 5 nitrogen and oxygen atoms in total. The van der Waals surface area contributed by atoms with Gasteiger partial charge in [0.05, 0.1) is 11.3 Å². The molecule has 0 bridgehead atoms. The molecule has 2 aromatic heterocycles. The van der Waals surface area contributed by atoms with Crippen LogP contribution in [0.25, 0.3) is 10.8 Å². The van der Waals surface area contributed by atoms with Crippen LogP contribution in [-0.2, 0) is 6.42 Å². The summed E-state index contributed by atoms with van der Waals surface area (Å²) in [5, 5.41) is 2.43. The fraction of sp³-hybridized carbons (Fsp3) is 0.333. The Morgan fingerprint density at radius 1 is 1.19 bits per heavy atom. The second-order valence-corrected chi connectivity index (χ2v) is 7.01. The third-order valence-corrected chi connectivity index (χ3v) is 5.21. The van der Waals surface area contributed by atoms with E-state index in [2.05, 4.69) is 33.2 Å². The van der Waals surface area contributed by atoms with E-state index in [1.54, 1.807) is 6.20 Å². The van der Waals surface area contributed by atoms with Crippen molar-refractivity contribution >= 4 is 16.7 Å². The summed E-state index contributed by atoms with van der Waals surface area (Å²) in [6.07, 6.45) is 10.1. The van der Waals surface area contributed by atoms with Gasteiger partial charge in [0.25, 0.3) is 5.91 Å². The van der Waals surface area contributed by atoms with Gasteiger partial charge in [-0.2, -0.15) is 0 Å². The van der Waals surface area contributed by atoms with Crippen LogP contribution in [0.5, 0.6) is 0 Å². The predicted octanol–water partition coefficient (Wildman–Crippen LogP) is 3.43. The number of piperidine rings is 1. The van der Waals surface area contributed by atoms with E-state index in [0.717, 1.165) is 38.0 Å². The molecule has 3 aromatic rings. The Morgan fingerprint density at radius 2 is 2.08 bits per heavy atom. The molecule has 1 aliphatic heterocycles. The zero-order valence-electron chi connectivity index (χ0n) is 14.9. The van der Waals surface area contributed by atoms with Crippen molar-refractivity contribution in [1.82, 2.24) is 19.9 Å². The third kappa shape index (κ3) is 3.29. The topological polar surface area (TPSA) is 59.0 Å². The van der Waals surface area contributed by atoms with Gasteiger partial charge in [0.1, 0.15) is 6.33 Å². The Hall–Kier alpha value is -2.82. The Bertz CT molecular complexity index is 935. The molecular weight excluding hydrogens is 324 g/mol. The van der Waals surface area contributed by atoms with Crippen molar-refractivity contribution in [1.29, 1.82) is 0 Å². The summed E-state index contributed by atoms with van der Waals surface area (Å²) in [5.41, 5.74) is 2.62. The summed E-state index contributed by atoms with van der Waals surface area (Å²) in [4.78, 5) is 27.4. The summed E-state index contributed by atoms with van der Waals surface area (Å²) < 4.78 is 0. The lowest BCUT2D eigenvalue weighted by Gasteiger charge is -2.33. The molecule has 26 heavy (non-hydrogen) atoms. The van der Waals surface area contributed by atoms with E-state index >= 15 is 0 Å². The number of amides is 1. The Morgan fingerprint density at radius 3 is 2.96 bits per heavy atom. The number of likely N-dealkylation sites (tertiary alicyclic amines) is 1. The molecule has 0 saturated carbocycles. The maximum Gasteiger partial charge on any atom is 0.257 e. The van der Waals surface area contributed by atoms with Gasteiger partial charge in [-0.05, 0) is 43.1 Å². The summed E-state index contributed by atoms with van der Waals surface area (Å²) in [6, 6.07) is 8.36. The number of hydrogen-bond acceptors (Lipinski definition) is 4. The number of carbonyl (C=O) groups is 1. The summed E-state index contributed by atoms with van der Waals surface area (Å²) in [6.45, 7) is 3.44. The molecule has 132 valence electrons. The number of pyridine rings is 1. The third-order valence-electron chi connectivity index (χ3n) is 5.21. The van der Waals surface area contributed by atoms with Gasteiger partial charge in [-0.3, -0.25) is 9.78 Å². The van der Waals surface area contributed by atoms with E-state index in [0.29, 0.717) is 11.5 Å². The molecule has 3 heterocycles. The van der Waals surface area contributed by atoms with E-state index in [9.17, 15) is 4.79 Å². The minimum atomic E-state index is 0.0452. The van der Waals surface area contributed by atoms with Gasteiger partial charge in [-0.25, -0.2) is 9.97 Å². The normalized spacial score (nSPS) is 17.4. The van der Waals surface area contributed by atoms with Crippen LogP contribution < -0.4 is 0 Å². The maximum absolute atomic E-state index is 12.9. The molecule has 1 saturated heterocycles. The summed E-state index contributed by atoms with van der Waals surface area (Å²) in [5.74, 6) is 0.495. The summed E-state index contributed by atoms with van der Waals surface area (Å²) >= 11 is 0. The largest absolute Gasteiger partial charge is 0.338 e. The van der Waals surface area contributed by atoms with Gasteiger partial charge in [0.15, 0.2) is 0 Å². The molecular formula is C21H22N4O. The first-order chi connectivity index (χ1) is 12.7. The highest BCUT2D eigenvalue weighted by Gasteiger charge is 2.26. The van der Waals surface area contributed by atoms with Gasteiger partial charge in [0.2, 0.25) is 0 Å². The minimum absolute atomic E-state index is 0.0452. The fourth-order valence-electron chi connectivity index (χ4n) is 3.84. The van der Waals surface area contributed by atoms with Crippen LogP contribution >= 0.6 is 0 Å². The zero-order chi connectivity index (χ0) is 17.9. The molecule has 1 aliphatic rings. The van der Waals surface area contributed by atoms with Crippen LogP contribution in [0.1, 0.15) is 34.5 Å². The lowest BCUT2D eigenvalue weighted by molar-refractivity contribution is 0.0672. The van der Waals surface area contributed by atoms with Crippen LogP contribution in [0.4, 0.5) is 0 Å². The van der Waals surface area contributed by atoms with E-state index in [1.165, 1.54) is 22.7 Å². The monoisotopic (exact) mass is 346 g/mol. The van der Waals surface area contributed by atoms with Gasteiger partial charge in [0, 0.05) is 37.1 Å². The van der Waals surface area contributed by atoms with Crippen LogP contribution in [0, 0.1) is 12.8 Å². The fourth-order valence-corrected chi connectivity index (χ4v) is 3.84. The molecule has 0 unspecified atom stereocenters. The number of fused-ring (bicyclic) bond motifs is 1. The van der Waals surface area contributed by atoms with Crippen molar-refractivity contribution in [3.05, 3.63) is 66.0 Å². The van der Waals surface area contributed by atoms with Gasteiger partial charge in [-0.1, -0.05) is 24.3 Å². The number of aromatic nitrogens is 3. The van der Waals surface area contributed by atoms with Gasteiger partial charge in [-0.15, -0.1) is 0 Å². The average molecular weight is 346 g/mol. The molecule has 1 amide bonds. The zero-order valence-corrected chi connectivity index (χ0v) is 14.9. The number of carbonyl (C=O) groups excluding carboxylic acids is 1. The van der Waals surface area contributed by atoms with E-state index in [-0.39, 0.29) is 5.91 Å². The quantitative estimate of drug-likeness (QED) is 0.729. The molecule has 0 aliphatic carbocycles. The lowest BCUT2D eigenvalue weighted by Crippen LogP contribution is -2.41. The van der Waals surface area contributed by atoms with Gasteiger partial charge >= 0.3 is 0 Å². The molecule has 0 N–H and O–H groups in total. The van der Waals surface area contributed by atoms with Gasteiger partial charge < -0.3 is 4.90 Å². The smallest absolute Gasteiger partial charge is 0.257 e. The Balaban J connectivity index is 1.52. The first-order valence-electron chi connectivity index (χ1n) is 9.10. The highest BCUT2D eigenvalue weighted by molar-refractivity contribution is 5.95. The van der Waals surface area contributed by atoms with Crippen molar-refractivity contribution in [2.45, 2.75) is 26.2 Å². The Labute approximate surface area is 153 Å². The molecule has 1 atom stereocenters. The summed E-state index contributed by atoms with van der Waals surface area (Å²) in [7, 11) is 0. The molecule has 0 radical (unpaired) electrons. The van der Waals surface area contributed by atoms with E-state index in [4.69, 9.17) is 0 Å². The van der Waals surface area contributed by atoms with Crippen molar-refractivity contribution in [3.63, 3.8) is 0 Å². The van der Waals surface area contributed by atoms with Crippen molar-refractivity contribution in [3.8, 4) is 0 Å². The number of aryl methyl sites for hydroxylation is 1. The molecule has 1 fully saturated rings. The van der Waals surface area contributed by atoms with Crippen molar-refractivity contribution in [2.75, 3.05) is 13.1 Å². The molecule has 0 spiro atoms. The first-order valence-corrected chi connectivity index (χ1v) is 9.10. The van der Waals surface area contributed by atoms with Crippen LogP contribution in [0.2, 0.25) is 0 Å². The van der Waals surface area contributed by atoms with Crippen molar-refractivity contribution in [2.24, 2.45) is 5.92 Å². The second kappa shape index (κ2) is 7.20. The number of rotatable bonds is 3. The highest BCUT2D eigenvalue weighted by Crippen LogP contribution is 2.26. The molecule has 1 aromatic carbocycles. The van der Waals surface area contributed by atoms with Crippen LogP contribution in [0.3, 0.4) is 0 Å². The number of hydrogen-bond donors (Lipinski definition) is 0. The number of nitrogens with zero attached hydrogens (tertiary/aromatic N) is 4. The average Bonchev–Trinajstić information content (AvgIpc) is 2.68.